The van der Waals surface area contributed by atoms with Gasteiger partial charge in [-0.05, 0) is 34.1 Å². The average Bonchev–Trinajstić information content (AvgIpc) is 2.26. The predicted octanol–water partition coefficient (Wildman–Crippen LogP) is 0.958. The first-order chi connectivity index (χ1) is 8.44. The van der Waals surface area contributed by atoms with Crippen molar-refractivity contribution in [2.24, 2.45) is 0 Å². The molecule has 0 aromatic rings. The molecular formula is C12H23NO5S. The molecular weight excluding hydrogens is 270 g/mol. The summed E-state index contributed by atoms with van der Waals surface area (Å²) in [7, 11) is -3.81. The van der Waals surface area contributed by atoms with Gasteiger partial charge in [-0.2, -0.15) is 0 Å². The van der Waals surface area contributed by atoms with E-state index in [-0.39, 0.29) is 0 Å². The molecule has 0 radical (unpaired) electrons. The molecule has 0 aliphatic rings. The highest BCUT2D eigenvalue weighted by molar-refractivity contribution is 7.93. The molecule has 6 nitrogen and oxygen atoms in total. The van der Waals surface area contributed by atoms with Crippen molar-refractivity contribution < 1.29 is 23.1 Å². The van der Waals surface area contributed by atoms with E-state index in [2.05, 4.69) is 5.32 Å². The van der Waals surface area contributed by atoms with Gasteiger partial charge in [0.15, 0.2) is 9.84 Å². The summed E-state index contributed by atoms with van der Waals surface area (Å²) in [4.78, 5) is 22.5. The Bertz CT molecular complexity index is 441. The summed E-state index contributed by atoms with van der Waals surface area (Å²) in [5.74, 6) is -1.79. The van der Waals surface area contributed by atoms with Crippen LogP contribution in [0.3, 0.4) is 0 Å². The second-order valence-electron chi connectivity index (χ2n) is 5.37. The number of aliphatic carboxylic acids is 1. The topological polar surface area (TPSA) is 101 Å². The van der Waals surface area contributed by atoms with E-state index in [0.717, 1.165) is 0 Å². The Labute approximate surface area is 114 Å². The fraction of sp³-hybridized carbons (Fsp3) is 0.833. The standard InChI is InChI=1S/C12H23NO5S/c1-6-12(4,5)13-11(16)9(3)19(17,18)8(2)7-10(14)15/h8-9H,6-7H2,1-5H3,(H,13,16)(H,14,15). The highest BCUT2D eigenvalue weighted by Crippen LogP contribution is 2.15. The van der Waals surface area contributed by atoms with Gasteiger partial charge < -0.3 is 10.4 Å². The number of carboxylic acid groups (broad SMARTS) is 1. The Morgan fingerprint density at radius 1 is 1.26 bits per heavy atom. The molecule has 0 aromatic carbocycles. The lowest BCUT2D eigenvalue weighted by Crippen LogP contribution is -2.50. The van der Waals surface area contributed by atoms with Gasteiger partial charge in [-0.3, -0.25) is 9.59 Å². The summed E-state index contributed by atoms with van der Waals surface area (Å²) in [5.41, 5.74) is -0.489. The van der Waals surface area contributed by atoms with Gasteiger partial charge in [0, 0.05) is 5.54 Å². The summed E-state index contributed by atoms with van der Waals surface area (Å²) >= 11 is 0. The van der Waals surface area contributed by atoms with Crippen LogP contribution in [0.1, 0.15) is 47.5 Å². The Morgan fingerprint density at radius 2 is 1.74 bits per heavy atom. The maximum absolute atomic E-state index is 12.1. The SMILES string of the molecule is CCC(C)(C)NC(=O)C(C)S(=O)(=O)C(C)CC(=O)O. The number of nitrogens with one attached hydrogen (secondary N) is 1. The van der Waals surface area contributed by atoms with Crippen molar-refractivity contribution in [3.05, 3.63) is 0 Å². The van der Waals surface area contributed by atoms with Crippen LogP contribution in [0.15, 0.2) is 0 Å². The number of amides is 1. The Balaban J connectivity index is 4.94. The summed E-state index contributed by atoms with van der Waals surface area (Å²) in [6, 6.07) is 0. The van der Waals surface area contributed by atoms with Crippen molar-refractivity contribution in [3.8, 4) is 0 Å². The van der Waals surface area contributed by atoms with E-state index in [4.69, 9.17) is 5.11 Å². The highest BCUT2D eigenvalue weighted by Gasteiger charge is 2.35. The minimum atomic E-state index is -3.81. The molecule has 0 heterocycles. The molecule has 0 spiro atoms. The maximum atomic E-state index is 12.1. The van der Waals surface area contributed by atoms with Gasteiger partial charge in [-0.15, -0.1) is 0 Å². The molecule has 0 rings (SSSR count). The zero-order chi connectivity index (χ0) is 15.4. The lowest BCUT2D eigenvalue weighted by molar-refractivity contribution is -0.137. The van der Waals surface area contributed by atoms with E-state index in [1.807, 2.05) is 6.92 Å². The Hall–Kier alpha value is -1.11. The summed E-state index contributed by atoms with van der Waals surface area (Å²) in [5, 5.41) is 8.94. The molecule has 19 heavy (non-hydrogen) atoms. The van der Waals surface area contributed by atoms with Crippen LogP contribution in [0.4, 0.5) is 0 Å². The highest BCUT2D eigenvalue weighted by atomic mass is 32.2. The molecule has 0 aromatic heterocycles. The maximum Gasteiger partial charge on any atom is 0.304 e. The van der Waals surface area contributed by atoms with E-state index >= 15 is 0 Å². The predicted molar refractivity (Wildman–Crippen MR) is 72.6 cm³/mol. The monoisotopic (exact) mass is 293 g/mol. The third kappa shape index (κ3) is 5.18. The van der Waals surface area contributed by atoms with Gasteiger partial charge in [-0.25, -0.2) is 8.42 Å². The van der Waals surface area contributed by atoms with E-state index in [9.17, 15) is 18.0 Å². The van der Waals surface area contributed by atoms with Crippen molar-refractivity contribution in [3.63, 3.8) is 0 Å². The normalized spacial score (nSPS) is 15.6. The van der Waals surface area contributed by atoms with Gasteiger partial charge in [-0.1, -0.05) is 6.92 Å². The van der Waals surface area contributed by atoms with Crippen LogP contribution >= 0.6 is 0 Å². The van der Waals surface area contributed by atoms with Crippen molar-refractivity contribution in [1.29, 1.82) is 0 Å². The van der Waals surface area contributed by atoms with E-state index in [1.54, 1.807) is 13.8 Å². The van der Waals surface area contributed by atoms with Crippen LogP contribution in [0.5, 0.6) is 0 Å². The second-order valence-corrected chi connectivity index (χ2v) is 8.06. The van der Waals surface area contributed by atoms with Crippen LogP contribution in [0.2, 0.25) is 0 Å². The minimum Gasteiger partial charge on any atom is -0.481 e. The molecule has 112 valence electrons. The van der Waals surface area contributed by atoms with E-state index < -0.39 is 44.2 Å². The molecule has 0 saturated carbocycles. The number of carbonyl (C=O) groups is 2. The first-order valence-electron chi connectivity index (χ1n) is 6.20. The minimum absolute atomic E-state index is 0.489. The zero-order valence-electron chi connectivity index (χ0n) is 12.1. The van der Waals surface area contributed by atoms with Gasteiger partial charge in [0.1, 0.15) is 5.25 Å². The molecule has 0 aliphatic carbocycles. The lowest BCUT2D eigenvalue weighted by Gasteiger charge is -2.27. The van der Waals surface area contributed by atoms with Gasteiger partial charge in [0.25, 0.3) is 0 Å². The van der Waals surface area contributed by atoms with Gasteiger partial charge in [0.05, 0.1) is 11.7 Å². The van der Waals surface area contributed by atoms with E-state index in [1.165, 1.54) is 13.8 Å². The number of sulfone groups is 1. The summed E-state index contributed by atoms with van der Waals surface area (Å²) in [6.07, 6.45) is 0.160. The van der Waals surface area contributed by atoms with Crippen molar-refractivity contribution in [1.82, 2.24) is 5.32 Å². The second kappa shape index (κ2) is 6.36. The largest absolute Gasteiger partial charge is 0.481 e. The van der Waals surface area contributed by atoms with Crippen LogP contribution in [0, 0.1) is 0 Å². The molecule has 2 atom stereocenters. The van der Waals surface area contributed by atoms with Crippen LogP contribution in [-0.2, 0) is 19.4 Å². The molecule has 2 unspecified atom stereocenters. The van der Waals surface area contributed by atoms with Gasteiger partial charge >= 0.3 is 5.97 Å². The van der Waals surface area contributed by atoms with Gasteiger partial charge in [0.2, 0.25) is 5.91 Å². The Morgan fingerprint density at radius 3 is 2.11 bits per heavy atom. The molecule has 7 heteroatoms. The summed E-state index contributed by atoms with van der Waals surface area (Å²) < 4.78 is 24.1. The molecule has 0 bridgehead atoms. The number of hydrogen-bond donors (Lipinski definition) is 2. The van der Waals surface area contributed by atoms with E-state index in [0.29, 0.717) is 6.42 Å². The smallest absolute Gasteiger partial charge is 0.304 e. The Kier molecular flexibility index (Phi) is 5.99. The van der Waals surface area contributed by atoms with Crippen molar-refractivity contribution in [2.75, 3.05) is 0 Å². The number of hydrogen-bond acceptors (Lipinski definition) is 4. The fourth-order valence-electron chi connectivity index (χ4n) is 1.38. The van der Waals surface area contributed by atoms with Crippen molar-refractivity contribution >= 4 is 21.7 Å². The molecule has 2 N–H and O–H groups in total. The first kappa shape index (κ1) is 17.9. The third-order valence-electron chi connectivity index (χ3n) is 3.23. The quantitative estimate of drug-likeness (QED) is 0.728. The number of rotatable bonds is 7. The van der Waals surface area contributed by atoms with Crippen LogP contribution in [-0.4, -0.2) is 41.4 Å². The molecule has 1 amide bonds. The summed E-state index contributed by atoms with van der Waals surface area (Å²) in [6.45, 7) is 8.06. The fourth-order valence-corrected chi connectivity index (χ4v) is 2.81. The molecule has 0 fully saturated rings. The third-order valence-corrected chi connectivity index (χ3v) is 5.72. The first-order valence-corrected chi connectivity index (χ1v) is 7.81. The molecule has 0 aliphatic heterocycles. The number of carbonyl (C=O) groups excluding carboxylic acids is 1. The zero-order valence-corrected chi connectivity index (χ0v) is 12.9. The molecule has 0 saturated heterocycles. The number of carboxylic acids is 1. The average molecular weight is 293 g/mol. The lowest BCUT2D eigenvalue weighted by atomic mass is 10.0. The van der Waals surface area contributed by atoms with Crippen LogP contribution in [0.25, 0.3) is 0 Å². The van der Waals surface area contributed by atoms with Crippen molar-refractivity contribution in [2.45, 2.75) is 63.5 Å². The van der Waals surface area contributed by atoms with Crippen LogP contribution < -0.4 is 5.32 Å².